The lowest BCUT2D eigenvalue weighted by Gasteiger charge is -2.23. The first-order valence-electron chi connectivity index (χ1n) is 12.9. The number of nitrogens with one attached hydrogen (secondary N) is 1. The van der Waals surface area contributed by atoms with Crippen LogP contribution in [0.5, 0.6) is 5.75 Å². The summed E-state index contributed by atoms with van der Waals surface area (Å²) in [5, 5.41) is 7.08. The standard InChI is InChI=1S/C30H28F2N4O3S/c1-3-15-33-25(37)17-35-26(38)18-40-29(23-14-9-20(31)16-24(23)32)27-28(19-7-5-4-6-8-19)34-36(30(27)35)21-10-12-22(39-2)13-11-21/h4-14,16,29H,3,15,17-18H2,1-2H3,(H,33,37)/t29-/m1/s1. The summed E-state index contributed by atoms with van der Waals surface area (Å²) in [4.78, 5) is 28.0. The highest BCUT2D eigenvalue weighted by Gasteiger charge is 2.38. The summed E-state index contributed by atoms with van der Waals surface area (Å²) in [6, 6.07) is 20.0. The average Bonchev–Trinajstić information content (AvgIpc) is 3.30. The minimum Gasteiger partial charge on any atom is -0.497 e. The van der Waals surface area contributed by atoms with Crippen LogP contribution in [0, 0.1) is 11.6 Å². The first-order chi connectivity index (χ1) is 19.4. The molecule has 1 aliphatic rings. The van der Waals surface area contributed by atoms with Crippen molar-refractivity contribution in [3.63, 3.8) is 0 Å². The number of benzene rings is 3. The Kier molecular flexibility index (Phi) is 8.16. The maximum absolute atomic E-state index is 15.3. The van der Waals surface area contributed by atoms with Crippen molar-refractivity contribution in [1.82, 2.24) is 15.1 Å². The van der Waals surface area contributed by atoms with Crippen molar-refractivity contribution >= 4 is 29.4 Å². The van der Waals surface area contributed by atoms with Crippen LogP contribution in [0.25, 0.3) is 16.9 Å². The van der Waals surface area contributed by atoms with Crippen molar-refractivity contribution in [2.45, 2.75) is 18.6 Å². The summed E-state index contributed by atoms with van der Waals surface area (Å²) in [6.07, 6.45) is 0.745. The summed E-state index contributed by atoms with van der Waals surface area (Å²) >= 11 is 1.22. The largest absolute Gasteiger partial charge is 0.497 e. The van der Waals surface area contributed by atoms with E-state index in [1.807, 2.05) is 37.3 Å². The van der Waals surface area contributed by atoms with Gasteiger partial charge in [0.15, 0.2) is 0 Å². The van der Waals surface area contributed by atoms with E-state index in [1.165, 1.54) is 28.8 Å². The average molecular weight is 563 g/mol. The van der Waals surface area contributed by atoms with E-state index in [0.717, 1.165) is 18.1 Å². The Hall–Kier alpha value is -4.18. The fourth-order valence-electron chi connectivity index (χ4n) is 4.66. The molecule has 0 fully saturated rings. The van der Waals surface area contributed by atoms with Gasteiger partial charge in [-0.05, 0) is 36.8 Å². The smallest absolute Gasteiger partial charge is 0.240 e. The van der Waals surface area contributed by atoms with Crippen molar-refractivity contribution in [3.8, 4) is 22.7 Å². The van der Waals surface area contributed by atoms with Crippen LogP contribution in [0.15, 0.2) is 72.8 Å². The highest BCUT2D eigenvalue weighted by Crippen LogP contribution is 2.49. The fraction of sp³-hybridized carbons (Fsp3) is 0.233. The monoisotopic (exact) mass is 562 g/mol. The van der Waals surface area contributed by atoms with Crippen LogP contribution in [0.3, 0.4) is 0 Å². The summed E-state index contributed by atoms with van der Waals surface area (Å²) in [5.74, 6) is -1.07. The van der Waals surface area contributed by atoms with Crippen molar-refractivity contribution in [2.24, 2.45) is 0 Å². The number of anilines is 1. The number of thioether (sulfide) groups is 1. The molecule has 2 amide bonds. The molecule has 0 saturated heterocycles. The molecule has 206 valence electrons. The zero-order chi connectivity index (χ0) is 28.2. The molecule has 7 nitrogen and oxygen atoms in total. The summed E-state index contributed by atoms with van der Waals surface area (Å²) in [5.41, 5.74) is 2.69. The highest BCUT2D eigenvalue weighted by molar-refractivity contribution is 8.00. The number of fused-ring (bicyclic) bond motifs is 1. The molecule has 3 aromatic carbocycles. The van der Waals surface area contributed by atoms with Gasteiger partial charge in [0, 0.05) is 29.3 Å². The number of carbonyl (C=O) groups excluding carboxylic acids is 2. The Balaban J connectivity index is 1.79. The topological polar surface area (TPSA) is 76.5 Å². The van der Waals surface area contributed by atoms with E-state index in [9.17, 15) is 14.0 Å². The predicted molar refractivity (Wildman–Crippen MR) is 152 cm³/mol. The molecule has 0 saturated carbocycles. The van der Waals surface area contributed by atoms with Gasteiger partial charge in [-0.1, -0.05) is 43.3 Å². The second-order valence-electron chi connectivity index (χ2n) is 9.25. The zero-order valence-electron chi connectivity index (χ0n) is 22.1. The Morgan fingerprint density at radius 2 is 1.85 bits per heavy atom. The molecule has 1 aromatic heterocycles. The Bertz CT molecular complexity index is 1530. The minimum absolute atomic E-state index is 0.0198. The summed E-state index contributed by atoms with van der Waals surface area (Å²) < 4.78 is 36.1. The molecular weight excluding hydrogens is 534 g/mol. The molecule has 4 aromatic rings. The van der Waals surface area contributed by atoms with Crippen LogP contribution in [-0.4, -0.2) is 47.5 Å². The second-order valence-corrected chi connectivity index (χ2v) is 10.3. The Labute approximate surface area is 235 Å². The molecule has 10 heteroatoms. The number of ether oxygens (including phenoxy) is 1. The minimum atomic E-state index is -0.721. The van der Waals surface area contributed by atoms with Gasteiger partial charge in [-0.3, -0.25) is 14.5 Å². The maximum Gasteiger partial charge on any atom is 0.240 e. The molecule has 0 aliphatic carbocycles. The van der Waals surface area contributed by atoms with Gasteiger partial charge >= 0.3 is 0 Å². The molecule has 40 heavy (non-hydrogen) atoms. The van der Waals surface area contributed by atoms with E-state index in [4.69, 9.17) is 9.84 Å². The van der Waals surface area contributed by atoms with E-state index in [1.54, 1.807) is 36.1 Å². The molecular formula is C30H28F2N4O3S. The van der Waals surface area contributed by atoms with E-state index in [-0.39, 0.29) is 29.7 Å². The van der Waals surface area contributed by atoms with E-state index < -0.39 is 16.9 Å². The van der Waals surface area contributed by atoms with Gasteiger partial charge in [0.05, 0.1) is 29.5 Å². The lowest BCUT2D eigenvalue weighted by molar-refractivity contribution is -0.122. The van der Waals surface area contributed by atoms with Crippen LogP contribution in [0.1, 0.15) is 29.7 Å². The lowest BCUT2D eigenvalue weighted by Crippen LogP contribution is -2.42. The van der Waals surface area contributed by atoms with Gasteiger partial charge in [-0.2, -0.15) is 5.10 Å². The van der Waals surface area contributed by atoms with Gasteiger partial charge in [0.2, 0.25) is 11.8 Å². The number of carbonyl (C=O) groups is 2. The molecule has 0 spiro atoms. The van der Waals surface area contributed by atoms with E-state index >= 15 is 4.39 Å². The van der Waals surface area contributed by atoms with Crippen molar-refractivity contribution in [1.29, 1.82) is 0 Å². The highest BCUT2D eigenvalue weighted by atomic mass is 32.2. The first-order valence-corrected chi connectivity index (χ1v) is 13.9. The third kappa shape index (κ3) is 5.44. The second kappa shape index (κ2) is 11.9. The number of rotatable bonds is 8. The number of aromatic nitrogens is 2. The first kappa shape index (κ1) is 27.4. The molecule has 2 heterocycles. The third-order valence-electron chi connectivity index (χ3n) is 6.57. The van der Waals surface area contributed by atoms with Crippen LogP contribution in [-0.2, 0) is 9.59 Å². The zero-order valence-corrected chi connectivity index (χ0v) is 22.9. The molecule has 0 bridgehead atoms. The molecule has 1 N–H and O–H groups in total. The van der Waals surface area contributed by atoms with Gasteiger partial charge < -0.3 is 10.1 Å². The van der Waals surface area contributed by atoms with Gasteiger partial charge in [0.25, 0.3) is 0 Å². The Morgan fingerprint density at radius 3 is 2.52 bits per heavy atom. The fourth-order valence-corrected chi connectivity index (χ4v) is 5.87. The van der Waals surface area contributed by atoms with Crippen molar-refractivity contribution in [2.75, 3.05) is 30.9 Å². The predicted octanol–water partition coefficient (Wildman–Crippen LogP) is 5.52. The lowest BCUT2D eigenvalue weighted by atomic mass is 9.99. The number of methoxy groups -OCH3 is 1. The molecule has 0 radical (unpaired) electrons. The maximum atomic E-state index is 15.3. The molecule has 1 aliphatic heterocycles. The van der Waals surface area contributed by atoms with Gasteiger partial charge in [0.1, 0.15) is 29.7 Å². The quantitative estimate of drug-likeness (QED) is 0.306. The third-order valence-corrected chi connectivity index (χ3v) is 7.81. The molecule has 1 atom stereocenters. The van der Waals surface area contributed by atoms with E-state index in [0.29, 0.717) is 35.1 Å². The molecule has 5 rings (SSSR count). The van der Waals surface area contributed by atoms with Crippen molar-refractivity contribution in [3.05, 3.63) is 95.6 Å². The van der Waals surface area contributed by atoms with Gasteiger partial charge in [-0.15, -0.1) is 11.8 Å². The van der Waals surface area contributed by atoms with Crippen LogP contribution >= 0.6 is 11.8 Å². The van der Waals surface area contributed by atoms with Crippen molar-refractivity contribution < 1.29 is 23.1 Å². The SMILES string of the molecule is CCCNC(=O)CN1C(=O)CS[C@H](c2ccc(F)cc2F)c2c(-c3ccccc3)nn(-c3ccc(OC)cc3)c21. The Morgan fingerprint density at radius 1 is 1.10 bits per heavy atom. The normalized spacial score (nSPS) is 14.9. The van der Waals surface area contributed by atoms with Crippen LogP contribution in [0.4, 0.5) is 14.6 Å². The van der Waals surface area contributed by atoms with Crippen LogP contribution in [0.2, 0.25) is 0 Å². The van der Waals surface area contributed by atoms with Crippen LogP contribution < -0.4 is 15.0 Å². The number of amides is 2. The summed E-state index contributed by atoms with van der Waals surface area (Å²) in [7, 11) is 1.57. The van der Waals surface area contributed by atoms with E-state index in [2.05, 4.69) is 5.32 Å². The number of hydrogen-bond acceptors (Lipinski definition) is 5. The number of hydrogen-bond donors (Lipinski definition) is 1. The molecule has 0 unspecified atom stereocenters. The number of halogens is 2. The number of nitrogens with zero attached hydrogens (tertiary/aromatic N) is 3. The summed E-state index contributed by atoms with van der Waals surface area (Å²) in [6.45, 7) is 2.18. The van der Waals surface area contributed by atoms with Gasteiger partial charge in [-0.25, -0.2) is 13.5 Å².